The van der Waals surface area contributed by atoms with E-state index in [0.29, 0.717) is 67.6 Å². The van der Waals surface area contributed by atoms with Gasteiger partial charge in [-0.05, 0) is 43.7 Å². The lowest BCUT2D eigenvalue weighted by atomic mass is 9.70. The van der Waals surface area contributed by atoms with Gasteiger partial charge in [-0.25, -0.2) is 0 Å². The van der Waals surface area contributed by atoms with E-state index in [-0.39, 0.29) is 18.1 Å². The van der Waals surface area contributed by atoms with E-state index in [1.165, 1.54) is 0 Å². The second-order valence-corrected chi connectivity index (χ2v) is 8.60. The Morgan fingerprint density at radius 3 is 2.15 bits per heavy atom. The van der Waals surface area contributed by atoms with Crippen molar-refractivity contribution in [3.8, 4) is 11.5 Å². The lowest BCUT2D eigenvalue weighted by Crippen LogP contribution is -2.41. The monoisotopic (exact) mass is 451 g/mol. The average Bonchev–Trinajstić information content (AvgIpc) is 2.79. The van der Waals surface area contributed by atoms with Gasteiger partial charge in [0.2, 0.25) is 0 Å². The molecule has 0 spiro atoms. The molecule has 0 saturated heterocycles. The van der Waals surface area contributed by atoms with Gasteiger partial charge in [0.05, 0.1) is 14.2 Å². The summed E-state index contributed by atoms with van der Waals surface area (Å²) >= 11 is 0. The molecule has 3 aliphatic rings. The van der Waals surface area contributed by atoms with E-state index in [9.17, 15) is 19.5 Å². The Morgan fingerprint density at radius 1 is 1.06 bits per heavy atom. The number of carbonyl (C=O) groups is 3. The van der Waals surface area contributed by atoms with E-state index in [0.717, 1.165) is 22.5 Å². The largest absolute Gasteiger partial charge is 0.493 e. The van der Waals surface area contributed by atoms with E-state index < -0.39 is 11.9 Å². The second kappa shape index (κ2) is 9.25. The fraction of sp³-hybridized carbons (Fsp3) is 0.423. The quantitative estimate of drug-likeness (QED) is 0.628. The van der Waals surface area contributed by atoms with E-state index in [2.05, 4.69) is 6.58 Å². The molecule has 2 aliphatic carbocycles. The van der Waals surface area contributed by atoms with Crippen molar-refractivity contribution in [1.29, 1.82) is 0 Å². The molecule has 0 unspecified atom stereocenters. The number of rotatable bonds is 7. The van der Waals surface area contributed by atoms with Gasteiger partial charge in [0.15, 0.2) is 23.1 Å². The van der Waals surface area contributed by atoms with Gasteiger partial charge in [0, 0.05) is 46.9 Å². The first kappa shape index (κ1) is 22.8. The number of ketones is 2. The third-order valence-corrected chi connectivity index (χ3v) is 6.66. The second-order valence-electron chi connectivity index (χ2n) is 8.60. The van der Waals surface area contributed by atoms with Crippen LogP contribution in [0.4, 0.5) is 0 Å². The lowest BCUT2D eigenvalue weighted by molar-refractivity contribution is -0.138. The fourth-order valence-electron chi connectivity index (χ4n) is 5.42. The van der Waals surface area contributed by atoms with Crippen LogP contribution < -0.4 is 9.47 Å². The SMILES string of the molecule is C=CCc1cc(C2C3=C(CCCC3=O)N(CC(=O)O)C3=C2C(=O)CCC3)cc(OC)c1OC. The Labute approximate surface area is 193 Å². The minimum Gasteiger partial charge on any atom is -0.493 e. The highest BCUT2D eigenvalue weighted by Gasteiger charge is 2.44. The summed E-state index contributed by atoms with van der Waals surface area (Å²) < 4.78 is 11.2. The Hall–Kier alpha value is -3.35. The molecule has 1 aromatic rings. The molecule has 33 heavy (non-hydrogen) atoms. The van der Waals surface area contributed by atoms with Crippen LogP contribution in [0.15, 0.2) is 47.3 Å². The summed E-state index contributed by atoms with van der Waals surface area (Å²) in [6.07, 6.45) is 5.65. The van der Waals surface area contributed by atoms with Crippen molar-refractivity contribution in [2.75, 3.05) is 20.8 Å². The number of methoxy groups -OCH3 is 2. The van der Waals surface area contributed by atoms with Gasteiger partial charge in [0.1, 0.15) is 6.54 Å². The number of nitrogens with zero attached hydrogens (tertiary/aromatic N) is 1. The first-order valence-electron chi connectivity index (χ1n) is 11.3. The van der Waals surface area contributed by atoms with E-state index in [4.69, 9.17) is 9.47 Å². The number of carboxylic acid groups (broad SMARTS) is 1. The maximum atomic E-state index is 13.3. The van der Waals surface area contributed by atoms with Crippen LogP contribution in [0.1, 0.15) is 55.6 Å². The van der Waals surface area contributed by atoms with Crippen molar-refractivity contribution in [2.24, 2.45) is 0 Å². The number of hydrogen-bond donors (Lipinski definition) is 1. The van der Waals surface area contributed by atoms with E-state index in [1.54, 1.807) is 25.2 Å². The molecule has 0 radical (unpaired) electrons. The molecule has 174 valence electrons. The van der Waals surface area contributed by atoms with Gasteiger partial charge in [0.25, 0.3) is 0 Å². The smallest absolute Gasteiger partial charge is 0.323 e. The molecule has 7 nitrogen and oxygen atoms in total. The van der Waals surface area contributed by atoms with Gasteiger partial charge >= 0.3 is 5.97 Å². The molecule has 1 heterocycles. The number of carboxylic acids is 1. The zero-order chi connectivity index (χ0) is 23.7. The first-order valence-corrected chi connectivity index (χ1v) is 11.3. The zero-order valence-electron chi connectivity index (χ0n) is 19.1. The predicted octanol–water partition coefficient (Wildman–Crippen LogP) is 3.93. The number of hydrogen-bond acceptors (Lipinski definition) is 6. The van der Waals surface area contributed by atoms with Crippen LogP contribution in [-0.2, 0) is 20.8 Å². The average molecular weight is 452 g/mol. The maximum absolute atomic E-state index is 13.3. The number of aliphatic carboxylic acids is 1. The molecule has 0 saturated carbocycles. The van der Waals surface area contributed by atoms with Crippen LogP contribution in [-0.4, -0.2) is 48.3 Å². The Morgan fingerprint density at radius 2 is 1.67 bits per heavy atom. The molecule has 0 bridgehead atoms. The molecule has 1 aromatic carbocycles. The molecule has 0 amide bonds. The highest BCUT2D eigenvalue weighted by Crippen LogP contribution is 2.50. The number of Topliss-reactive ketones (excluding diaryl/α,β-unsaturated/α-hetero) is 2. The number of ether oxygens (including phenoxy) is 2. The Balaban J connectivity index is 2.00. The summed E-state index contributed by atoms with van der Waals surface area (Å²) in [4.78, 5) is 40.0. The van der Waals surface area contributed by atoms with Crippen LogP contribution in [0.25, 0.3) is 0 Å². The van der Waals surface area contributed by atoms with Gasteiger partial charge in [-0.1, -0.05) is 12.1 Å². The van der Waals surface area contributed by atoms with Crippen molar-refractivity contribution in [3.63, 3.8) is 0 Å². The number of allylic oxidation sites excluding steroid dienone is 5. The van der Waals surface area contributed by atoms with Crippen molar-refractivity contribution in [2.45, 2.75) is 50.9 Å². The van der Waals surface area contributed by atoms with Crippen molar-refractivity contribution in [1.82, 2.24) is 4.90 Å². The summed E-state index contributed by atoms with van der Waals surface area (Å²) in [5, 5.41) is 9.59. The lowest BCUT2D eigenvalue weighted by Gasteiger charge is -2.43. The zero-order valence-corrected chi connectivity index (χ0v) is 19.1. The van der Waals surface area contributed by atoms with Crippen LogP contribution >= 0.6 is 0 Å². The normalized spacial score (nSPS) is 18.8. The summed E-state index contributed by atoms with van der Waals surface area (Å²) in [6, 6.07) is 3.79. The molecule has 0 fully saturated rings. The van der Waals surface area contributed by atoms with Gasteiger partial charge in [-0.2, -0.15) is 0 Å². The van der Waals surface area contributed by atoms with Crippen molar-refractivity contribution < 1.29 is 29.0 Å². The molecule has 1 N–H and O–H groups in total. The summed E-state index contributed by atoms with van der Waals surface area (Å²) in [5.74, 6) is -0.455. The van der Waals surface area contributed by atoms with Gasteiger partial charge in [-0.3, -0.25) is 14.4 Å². The van der Waals surface area contributed by atoms with E-state index in [1.807, 2.05) is 12.1 Å². The van der Waals surface area contributed by atoms with Crippen LogP contribution in [0.2, 0.25) is 0 Å². The molecule has 7 heteroatoms. The first-order chi connectivity index (χ1) is 15.9. The van der Waals surface area contributed by atoms with Crippen LogP contribution in [0.3, 0.4) is 0 Å². The fourth-order valence-corrected chi connectivity index (χ4v) is 5.42. The van der Waals surface area contributed by atoms with Crippen molar-refractivity contribution in [3.05, 3.63) is 58.5 Å². The summed E-state index contributed by atoms with van der Waals surface area (Å²) in [6.45, 7) is 3.58. The van der Waals surface area contributed by atoms with Gasteiger partial charge < -0.3 is 19.5 Å². The highest BCUT2D eigenvalue weighted by molar-refractivity contribution is 6.06. The maximum Gasteiger partial charge on any atom is 0.323 e. The molecular weight excluding hydrogens is 422 g/mol. The third-order valence-electron chi connectivity index (χ3n) is 6.66. The number of carbonyl (C=O) groups excluding carboxylic acids is 2. The summed E-state index contributed by atoms with van der Waals surface area (Å²) in [5.41, 5.74) is 4.22. The predicted molar refractivity (Wildman–Crippen MR) is 122 cm³/mol. The number of benzene rings is 1. The Bertz CT molecular complexity index is 1050. The van der Waals surface area contributed by atoms with Crippen molar-refractivity contribution >= 4 is 17.5 Å². The molecular formula is C26H29NO6. The van der Waals surface area contributed by atoms with Gasteiger partial charge in [-0.15, -0.1) is 6.58 Å². The minimum absolute atomic E-state index is 0.0263. The van der Waals surface area contributed by atoms with E-state index >= 15 is 0 Å². The van der Waals surface area contributed by atoms with Crippen LogP contribution in [0, 0.1) is 0 Å². The highest BCUT2D eigenvalue weighted by atomic mass is 16.5. The summed E-state index contributed by atoms with van der Waals surface area (Å²) in [7, 11) is 3.13. The standard InChI is InChI=1S/C26H29NO6/c1-4-7-15-12-16(13-21(32-2)26(15)33-3)23-24-17(8-5-10-19(24)28)27(14-22(30)31)18-9-6-11-20(29)25(18)23/h4,12-13,23H,1,5-11,14H2,2-3H3,(H,30,31). The molecule has 0 atom stereocenters. The third kappa shape index (κ3) is 3.96. The van der Waals surface area contributed by atoms with Crippen LogP contribution in [0.5, 0.6) is 11.5 Å². The molecule has 1 aliphatic heterocycles. The molecule has 4 rings (SSSR count). The topological polar surface area (TPSA) is 93.1 Å². The minimum atomic E-state index is -0.984. The molecule has 0 aromatic heterocycles. The Kier molecular flexibility index (Phi) is 6.40.